The van der Waals surface area contributed by atoms with Crippen LogP contribution < -0.4 is 4.91 Å². The van der Waals surface area contributed by atoms with E-state index in [1.54, 1.807) is 0 Å². The highest BCUT2D eigenvalue weighted by Crippen LogP contribution is 1.79. The first-order valence-corrected chi connectivity index (χ1v) is 3.01. The Balaban J connectivity index is 0. The molecule has 0 amide bonds. The Labute approximate surface area is 60.5 Å². The minimum Gasteiger partial charge on any atom is -0.468 e. The second-order valence-corrected chi connectivity index (χ2v) is 1.38. The lowest BCUT2D eigenvalue weighted by Crippen LogP contribution is -1.99. The minimum absolute atomic E-state index is 0.241. The molecule has 0 unspecified atom stereocenters. The van der Waals surface area contributed by atoms with Crippen LogP contribution in [0, 0.1) is 11.1 Å². The van der Waals surface area contributed by atoms with Gasteiger partial charge in [0.2, 0.25) is 4.91 Å². The first-order valence-electron chi connectivity index (χ1n) is 1.88. The SMILES string of the molecule is COC(=O)CBr.N=[N+]=N. The van der Waals surface area contributed by atoms with Gasteiger partial charge in [0.05, 0.1) is 7.11 Å². The number of rotatable bonds is 1. The number of carbonyl (C=O) groups excluding carboxylic acids is 1. The van der Waals surface area contributed by atoms with Gasteiger partial charge < -0.3 is 4.74 Å². The molecule has 0 aromatic heterocycles. The van der Waals surface area contributed by atoms with E-state index in [2.05, 4.69) is 20.7 Å². The molecule has 6 heteroatoms. The third-order valence-electron chi connectivity index (χ3n) is 0.337. The molecular weight excluding hydrogens is 190 g/mol. The standard InChI is InChI=1S/C3H5BrO2.H2N3/c1-6-3(5)2-4;1-3-2/h2H2,1H3;1-2H/q;+1. The third kappa shape index (κ3) is 18.9. The van der Waals surface area contributed by atoms with E-state index in [-0.39, 0.29) is 11.3 Å². The number of carbonyl (C=O) groups is 1. The molecule has 2 N–H and O–H groups in total. The van der Waals surface area contributed by atoms with Crippen LogP contribution in [-0.4, -0.2) is 18.4 Å². The maximum Gasteiger partial charge on any atom is 0.316 e. The van der Waals surface area contributed by atoms with Crippen LogP contribution in [0.2, 0.25) is 0 Å². The second kappa shape index (κ2) is 10.3. The van der Waals surface area contributed by atoms with Crippen molar-refractivity contribution in [3.8, 4) is 0 Å². The maximum atomic E-state index is 9.91. The van der Waals surface area contributed by atoms with Gasteiger partial charge >= 0.3 is 5.97 Å². The Morgan fingerprint density at radius 3 is 2.11 bits per heavy atom. The van der Waals surface area contributed by atoms with Crippen LogP contribution in [0.25, 0.3) is 0 Å². The Bertz CT molecular complexity index is 104. The molecule has 0 aromatic rings. The van der Waals surface area contributed by atoms with E-state index in [4.69, 9.17) is 11.1 Å². The molecule has 0 aliphatic rings. The van der Waals surface area contributed by atoms with Crippen molar-refractivity contribution in [2.75, 3.05) is 12.4 Å². The Morgan fingerprint density at radius 1 is 1.78 bits per heavy atom. The minimum atomic E-state index is -0.241. The van der Waals surface area contributed by atoms with Crippen molar-refractivity contribution in [2.24, 2.45) is 0 Å². The average molecular weight is 197 g/mol. The number of halogens is 1. The summed E-state index contributed by atoms with van der Waals surface area (Å²) in [7, 11) is 1.35. The maximum absolute atomic E-state index is 9.91. The van der Waals surface area contributed by atoms with Crippen molar-refractivity contribution in [2.45, 2.75) is 0 Å². The summed E-state index contributed by atoms with van der Waals surface area (Å²) in [6.45, 7) is 0. The van der Waals surface area contributed by atoms with Crippen LogP contribution in [0.15, 0.2) is 0 Å². The number of methoxy groups -OCH3 is 1. The zero-order valence-electron chi connectivity index (χ0n) is 4.85. The van der Waals surface area contributed by atoms with Crippen LogP contribution >= 0.6 is 15.9 Å². The van der Waals surface area contributed by atoms with Crippen molar-refractivity contribution < 1.29 is 9.53 Å². The molecule has 0 saturated carbocycles. The molecule has 52 valence electrons. The summed E-state index contributed by atoms with van der Waals surface area (Å²) in [4.78, 5) is 11.9. The van der Waals surface area contributed by atoms with Gasteiger partial charge in [-0.25, -0.2) is 0 Å². The Morgan fingerprint density at radius 2 is 2.11 bits per heavy atom. The van der Waals surface area contributed by atoms with Crippen molar-refractivity contribution >= 4 is 21.9 Å². The van der Waals surface area contributed by atoms with Crippen LogP contribution in [0.4, 0.5) is 0 Å². The van der Waals surface area contributed by atoms with E-state index in [0.29, 0.717) is 0 Å². The number of nitrogens with zero attached hydrogens (tertiary/aromatic N) is 1. The van der Waals surface area contributed by atoms with E-state index in [1.165, 1.54) is 7.11 Å². The highest BCUT2D eigenvalue weighted by Gasteiger charge is 1.89. The molecule has 0 heterocycles. The van der Waals surface area contributed by atoms with Gasteiger partial charge in [-0.3, -0.25) is 4.79 Å². The number of nitrogens with one attached hydrogen (secondary N) is 2. The quantitative estimate of drug-likeness (QED) is 0.280. The summed E-state index contributed by atoms with van der Waals surface area (Å²) in [5.74, 6) is -0.241. The summed E-state index contributed by atoms with van der Waals surface area (Å²) >= 11 is 2.90. The van der Waals surface area contributed by atoms with Crippen molar-refractivity contribution in [1.82, 2.24) is 4.91 Å². The smallest absolute Gasteiger partial charge is 0.316 e. The van der Waals surface area contributed by atoms with Crippen molar-refractivity contribution in [3.63, 3.8) is 0 Å². The molecule has 0 fully saturated rings. The zero-order chi connectivity index (χ0) is 7.70. The molecule has 0 spiro atoms. The van der Waals surface area contributed by atoms with Gasteiger partial charge in [-0.05, 0) is 0 Å². The van der Waals surface area contributed by atoms with Gasteiger partial charge in [0, 0.05) is 0 Å². The first-order chi connectivity index (χ1) is 4.22. The third-order valence-corrected chi connectivity index (χ3v) is 0.795. The van der Waals surface area contributed by atoms with Gasteiger partial charge in [-0.1, -0.05) is 15.9 Å². The summed E-state index contributed by atoms with van der Waals surface area (Å²) in [5, 5.41) is 0.281. The molecular formula is C3H7BrN3O2+. The first kappa shape index (κ1) is 11.1. The van der Waals surface area contributed by atoms with E-state index >= 15 is 0 Å². The predicted octanol–water partition coefficient (Wildman–Crippen LogP) is 0.670. The van der Waals surface area contributed by atoms with Gasteiger partial charge in [0.25, 0.3) is 0 Å². The summed E-state index contributed by atoms with van der Waals surface area (Å²) in [6, 6.07) is 0. The fourth-order valence-electron chi connectivity index (χ4n) is 0.0546. The molecule has 0 atom stereocenters. The molecule has 0 bridgehead atoms. The molecule has 0 rings (SSSR count). The van der Waals surface area contributed by atoms with E-state index in [9.17, 15) is 4.79 Å². The highest BCUT2D eigenvalue weighted by atomic mass is 79.9. The van der Waals surface area contributed by atoms with Gasteiger partial charge in [-0.15, -0.1) is 0 Å². The monoisotopic (exact) mass is 196 g/mol. The van der Waals surface area contributed by atoms with Crippen LogP contribution in [0.3, 0.4) is 0 Å². The van der Waals surface area contributed by atoms with Gasteiger partial charge in [-0.2, -0.15) is 0 Å². The number of hydrogen-bond acceptors (Lipinski definition) is 4. The fourth-order valence-corrected chi connectivity index (χ4v) is 0.283. The van der Waals surface area contributed by atoms with E-state index in [1.807, 2.05) is 4.91 Å². The molecule has 9 heavy (non-hydrogen) atoms. The van der Waals surface area contributed by atoms with Gasteiger partial charge in [0.15, 0.2) is 0 Å². The zero-order valence-corrected chi connectivity index (χ0v) is 6.43. The summed E-state index contributed by atoms with van der Waals surface area (Å²) in [5.41, 5.74) is 11.0. The molecule has 0 aliphatic carbocycles. The van der Waals surface area contributed by atoms with Crippen LogP contribution in [-0.2, 0) is 9.53 Å². The van der Waals surface area contributed by atoms with Gasteiger partial charge in [0.1, 0.15) is 16.4 Å². The molecule has 5 nitrogen and oxygen atoms in total. The van der Waals surface area contributed by atoms with Crippen LogP contribution in [0.1, 0.15) is 0 Å². The number of alkyl halides is 1. The van der Waals surface area contributed by atoms with Crippen molar-refractivity contribution in [1.29, 1.82) is 11.1 Å². The highest BCUT2D eigenvalue weighted by molar-refractivity contribution is 9.09. The van der Waals surface area contributed by atoms with E-state index < -0.39 is 0 Å². The predicted molar refractivity (Wildman–Crippen MR) is 33.4 cm³/mol. The lowest BCUT2D eigenvalue weighted by Gasteiger charge is -1.86. The second-order valence-electron chi connectivity index (χ2n) is 0.822. The molecule has 0 saturated heterocycles. The topological polar surface area (TPSA) is 88.1 Å². The average Bonchev–Trinajstić information content (AvgIpc) is 1.88. The Hall–Kier alpha value is -0.740. The number of hydrogen-bond donors (Lipinski definition) is 2. The fraction of sp³-hybridized carbons (Fsp3) is 0.667. The van der Waals surface area contributed by atoms with Crippen molar-refractivity contribution in [3.05, 3.63) is 0 Å². The number of ether oxygens (including phenoxy) is 1. The normalized spacial score (nSPS) is 6.00. The molecule has 0 radical (unpaired) electrons. The largest absolute Gasteiger partial charge is 0.468 e. The lowest BCUT2D eigenvalue weighted by molar-refractivity contribution is -0.137. The number of esters is 1. The Kier molecular flexibility index (Phi) is 12.7. The summed E-state index contributed by atoms with van der Waals surface area (Å²) < 4.78 is 4.21. The summed E-state index contributed by atoms with van der Waals surface area (Å²) in [6.07, 6.45) is 0. The van der Waals surface area contributed by atoms with E-state index in [0.717, 1.165) is 0 Å². The van der Waals surface area contributed by atoms with Crippen LogP contribution in [0.5, 0.6) is 0 Å². The molecule has 0 aliphatic heterocycles. The molecule has 0 aromatic carbocycles. The lowest BCUT2D eigenvalue weighted by atomic mass is 10.8.